The van der Waals surface area contributed by atoms with Gasteiger partial charge in [0.1, 0.15) is 10.2 Å². The number of halogens is 6. The number of rotatable bonds is 5. The smallest absolute Gasteiger partial charge is 0.257 e. The van der Waals surface area contributed by atoms with Crippen molar-refractivity contribution in [3.8, 4) is 0 Å². The molecule has 4 aromatic rings. The Morgan fingerprint density at radius 3 is 2.33 bits per heavy atom. The summed E-state index contributed by atoms with van der Waals surface area (Å²) in [5.41, 5.74) is 1.62. The molecule has 0 unspecified atom stereocenters. The number of fused-ring (bicyclic) bond motifs is 1. The summed E-state index contributed by atoms with van der Waals surface area (Å²) in [6.45, 7) is 0. The quantitative estimate of drug-likeness (QED) is 0.207. The number of benzene rings is 3. The number of hydrogen-bond acceptors (Lipinski definition) is 2. The van der Waals surface area contributed by atoms with Crippen LogP contribution in [-0.4, -0.2) is 21.1 Å². The van der Waals surface area contributed by atoms with Crippen molar-refractivity contribution >= 4 is 92.1 Å². The number of H-pyrrole nitrogens is 1. The van der Waals surface area contributed by atoms with Gasteiger partial charge in [0.25, 0.3) is 5.91 Å². The van der Waals surface area contributed by atoms with Gasteiger partial charge in [-0.05, 0) is 60.2 Å². The van der Waals surface area contributed by atoms with Crippen molar-refractivity contribution in [3.63, 3.8) is 0 Å². The van der Waals surface area contributed by atoms with Crippen LogP contribution in [0.2, 0.25) is 15.1 Å². The molecule has 0 spiro atoms. The van der Waals surface area contributed by atoms with Crippen molar-refractivity contribution in [2.45, 2.75) is 10.3 Å². The van der Waals surface area contributed by atoms with Crippen LogP contribution in [0.25, 0.3) is 10.9 Å². The average Bonchev–Trinajstić information content (AvgIpc) is 3.11. The SMILES string of the molecule is O=C(Nc1cc(F)c2[nH]ccc2c1)c1cc(NC(=O)[C@H]2[C@H](c3cc(Cl)cc(Cl)c3)C2(Cl)Cl)ccc1Cl. The summed E-state index contributed by atoms with van der Waals surface area (Å²) >= 11 is 31.2. The van der Waals surface area contributed by atoms with Crippen molar-refractivity contribution < 1.29 is 14.0 Å². The molecule has 11 heteroatoms. The van der Waals surface area contributed by atoms with Crippen molar-refractivity contribution in [1.29, 1.82) is 0 Å². The molecule has 1 fully saturated rings. The monoisotopic (exact) mass is 583 g/mol. The van der Waals surface area contributed by atoms with Gasteiger partial charge < -0.3 is 15.6 Å². The van der Waals surface area contributed by atoms with E-state index in [9.17, 15) is 14.0 Å². The summed E-state index contributed by atoms with van der Waals surface area (Å²) in [6.07, 6.45) is 1.60. The first kappa shape index (κ1) is 25.2. The molecule has 184 valence electrons. The van der Waals surface area contributed by atoms with Gasteiger partial charge in [0, 0.05) is 38.9 Å². The van der Waals surface area contributed by atoms with E-state index in [1.54, 1.807) is 42.6 Å². The van der Waals surface area contributed by atoms with Gasteiger partial charge in [-0.15, -0.1) is 23.2 Å². The highest BCUT2D eigenvalue weighted by Crippen LogP contribution is 2.65. The Hall–Kier alpha value is -2.48. The van der Waals surface area contributed by atoms with Crippen LogP contribution >= 0.6 is 58.0 Å². The Bertz CT molecular complexity index is 1520. The number of carbonyl (C=O) groups is 2. The lowest BCUT2D eigenvalue weighted by molar-refractivity contribution is -0.117. The number of alkyl halides is 2. The molecule has 1 aliphatic carbocycles. The Kier molecular flexibility index (Phi) is 6.60. The van der Waals surface area contributed by atoms with Crippen molar-refractivity contribution in [1.82, 2.24) is 4.98 Å². The maximum Gasteiger partial charge on any atom is 0.257 e. The van der Waals surface area contributed by atoms with Gasteiger partial charge in [-0.25, -0.2) is 4.39 Å². The molecule has 1 heterocycles. The highest BCUT2D eigenvalue weighted by Gasteiger charge is 2.67. The van der Waals surface area contributed by atoms with Gasteiger partial charge in [-0.3, -0.25) is 9.59 Å². The van der Waals surface area contributed by atoms with Crippen LogP contribution in [-0.2, 0) is 4.79 Å². The predicted molar refractivity (Wildman–Crippen MR) is 143 cm³/mol. The van der Waals surface area contributed by atoms with Crippen LogP contribution in [0.15, 0.2) is 60.8 Å². The molecule has 3 aromatic carbocycles. The van der Waals surface area contributed by atoms with Gasteiger partial charge in [0.05, 0.1) is 22.0 Å². The third-order valence-electron chi connectivity index (χ3n) is 5.93. The first-order chi connectivity index (χ1) is 17.0. The zero-order valence-electron chi connectivity index (χ0n) is 18.0. The molecule has 36 heavy (non-hydrogen) atoms. The lowest BCUT2D eigenvalue weighted by Gasteiger charge is -2.11. The first-order valence-electron chi connectivity index (χ1n) is 10.6. The maximum atomic E-state index is 14.3. The molecule has 1 saturated carbocycles. The third-order valence-corrected chi connectivity index (χ3v) is 7.63. The third kappa shape index (κ3) is 4.76. The molecule has 2 amide bonds. The molecule has 5 rings (SSSR count). The number of aromatic amines is 1. The van der Waals surface area contributed by atoms with Gasteiger partial charge >= 0.3 is 0 Å². The van der Waals surface area contributed by atoms with E-state index in [4.69, 9.17) is 58.0 Å². The Morgan fingerprint density at radius 1 is 0.889 bits per heavy atom. The van der Waals surface area contributed by atoms with E-state index in [0.717, 1.165) is 0 Å². The summed E-state index contributed by atoms with van der Waals surface area (Å²) in [6, 6.07) is 13.8. The first-order valence-corrected chi connectivity index (χ1v) is 12.5. The average molecular weight is 586 g/mol. The van der Waals surface area contributed by atoms with E-state index in [1.165, 1.54) is 18.2 Å². The standard InChI is InChI=1S/C25H15Cl5FN3O2/c26-13-5-12(6-14(27)8-13)20-21(25(20,29)30)24(36)33-15-1-2-18(28)17(9-15)23(35)34-16-7-11-3-4-32-22(11)19(31)10-16/h1-10,20-21,32H,(H,33,36)(H,34,35)/t20-,21+/m0/s1. The molecule has 2 atom stereocenters. The van der Waals surface area contributed by atoms with Crippen molar-refractivity contribution in [2.24, 2.45) is 5.92 Å². The van der Waals surface area contributed by atoms with Crippen LogP contribution in [0.5, 0.6) is 0 Å². The van der Waals surface area contributed by atoms with E-state index >= 15 is 0 Å². The van der Waals surface area contributed by atoms with E-state index < -0.39 is 33.8 Å². The van der Waals surface area contributed by atoms with Crippen LogP contribution in [0.1, 0.15) is 21.8 Å². The van der Waals surface area contributed by atoms with Gasteiger partial charge in [0.2, 0.25) is 5.91 Å². The molecular weight excluding hydrogens is 571 g/mol. The van der Waals surface area contributed by atoms with Crippen LogP contribution in [0.3, 0.4) is 0 Å². The van der Waals surface area contributed by atoms with E-state index in [2.05, 4.69) is 15.6 Å². The fourth-order valence-corrected chi connectivity index (χ4v) is 5.79. The number of amides is 2. The number of hydrogen-bond donors (Lipinski definition) is 3. The van der Waals surface area contributed by atoms with Crippen molar-refractivity contribution in [3.05, 3.63) is 92.8 Å². The second-order valence-corrected chi connectivity index (χ2v) is 11.1. The molecule has 0 aliphatic heterocycles. The minimum absolute atomic E-state index is 0.0843. The van der Waals surface area contributed by atoms with Crippen molar-refractivity contribution in [2.75, 3.05) is 10.6 Å². The molecule has 5 nitrogen and oxygen atoms in total. The number of carbonyl (C=O) groups excluding carboxylic acids is 2. The predicted octanol–water partition coefficient (Wildman–Crippen LogP) is 8.05. The van der Waals surface area contributed by atoms with Gasteiger partial charge in [-0.1, -0.05) is 34.8 Å². The largest absolute Gasteiger partial charge is 0.359 e. The Labute approximate surface area is 229 Å². The molecule has 1 aromatic heterocycles. The zero-order chi connectivity index (χ0) is 25.8. The molecular formula is C25H15Cl5FN3O2. The van der Waals surface area contributed by atoms with E-state index in [1.807, 2.05) is 0 Å². The Morgan fingerprint density at radius 2 is 1.61 bits per heavy atom. The summed E-state index contributed by atoms with van der Waals surface area (Å²) in [5, 5.41) is 6.91. The lowest BCUT2D eigenvalue weighted by Crippen LogP contribution is -2.18. The van der Waals surface area contributed by atoms with E-state index in [-0.39, 0.29) is 16.3 Å². The van der Waals surface area contributed by atoms with Gasteiger partial charge in [0.15, 0.2) is 0 Å². The lowest BCUT2D eigenvalue weighted by atomic mass is 10.1. The number of nitrogens with one attached hydrogen (secondary N) is 3. The minimum Gasteiger partial charge on any atom is -0.359 e. The molecule has 0 bridgehead atoms. The van der Waals surface area contributed by atoms with Crippen LogP contribution in [0, 0.1) is 11.7 Å². The van der Waals surface area contributed by atoms with Crippen LogP contribution < -0.4 is 10.6 Å². The highest BCUT2D eigenvalue weighted by molar-refractivity contribution is 6.53. The molecule has 1 aliphatic rings. The fourth-order valence-electron chi connectivity index (χ4n) is 4.22. The number of anilines is 2. The highest BCUT2D eigenvalue weighted by atomic mass is 35.5. The number of aromatic nitrogens is 1. The molecule has 0 saturated heterocycles. The molecule has 0 radical (unpaired) electrons. The fraction of sp³-hybridized carbons (Fsp3) is 0.120. The summed E-state index contributed by atoms with van der Waals surface area (Å²) < 4.78 is 12.9. The topological polar surface area (TPSA) is 74.0 Å². The summed E-state index contributed by atoms with van der Waals surface area (Å²) in [4.78, 5) is 28.7. The Balaban J connectivity index is 1.34. The normalized spacial score (nSPS) is 18.2. The molecule has 3 N–H and O–H groups in total. The summed E-state index contributed by atoms with van der Waals surface area (Å²) in [5.74, 6) is -2.84. The zero-order valence-corrected chi connectivity index (χ0v) is 21.8. The minimum atomic E-state index is -1.36. The summed E-state index contributed by atoms with van der Waals surface area (Å²) in [7, 11) is 0. The second kappa shape index (κ2) is 9.43. The maximum absolute atomic E-state index is 14.3. The van der Waals surface area contributed by atoms with E-state index in [0.29, 0.717) is 32.2 Å². The van der Waals surface area contributed by atoms with Gasteiger partial charge in [-0.2, -0.15) is 0 Å². The van der Waals surface area contributed by atoms with Crippen LogP contribution in [0.4, 0.5) is 15.8 Å². The second-order valence-electron chi connectivity index (χ2n) is 8.37.